The molecule has 0 aliphatic heterocycles. The van der Waals surface area contributed by atoms with E-state index in [-0.39, 0.29) is 5.97 Å². The molecule has 0 saturated heterocycles. The van der Waals surface area contributed by atoms with E-state index in [1.807, 2.05) is 29.6 Å². The van der Waals surface area contributed by atoms with Crippen LogP contribution in [-0.4, -0.2) is 28.3 Å². The van der Waals surface area contributed by atoms with Gasteiger partial charge in [-0.2, -0.15) is 5.10 Å². The van der Waals surface area contributed by atoms with E-state index >= 15 is 0 Å². The van der Waals surface area contributed by atoms with Gasteiger partial charge in [-0.25, -0.2) is 4.98 Å². The fourth-order valence-corrected chi connectivity index (χ4v) is 3.53. The molecule has 0 radical (unpaired) electrons. The highest BCUT2D eigenvalue weighted by Crippen LogP contribution is 2.49. The number of rotatable bonds is 3. The smallest absolute Gasteiger partial charge is 0.317 e. The van der Waals surface area contributed by atoms with E-state index in [9.17, 15) is 4.79 Å². The van der Waals surface area contributed by atoms with Gasteiger partial charge in [-0.15, -0.1) is 11.3 Å². The molecule has 0 atom stereocenters. The zero-order valence-corrected chi connectivity index (χ0v) is 12.2. The average molecular weight is 299 g/mol. The Morgan fingerprint density at radius 1 is 1.38 bits per heavy atom. The molecule has 1 N–H and O–H groups in total. The van der Waals surface area contributed by atoms with Crippen molar-refractivity contribution in [2.45, 2.75) is 18.3 Å². The lowest BCUT2D eigenvalue weighted by Crippen LogP contribution is -2.22. The second-order valence-corrected chi connectivity index (χ2v) is 6.09. The number of fused-ring (bicyclic) bond motifs is 1. The summed E-state index contributed by atoms with van der Waals surface area (Å²) >= 11 is 1.52. The average Bonchev–Trinajstić information content (AvgIpc) is 2.99. The van der Waals surface area contributed by atoms with E-state index in [0.29, 0.717) is 0 Å². The molecule has 1 aliphatic rings. The predicted octanol–water partition coefficient (Wildman–Crippen LogP) is 2.89. The number of benzene rings is 1. The first-order valence-corrected chi connectivity index (χ1v) is 7.60. The lowest BCUT2D eigenvalue weighted by molar-refractivity contribution is -0.143. The largest absolute Gasteiger partial charge is 0.468 e. The van der Waals surface area contributed by atoms with Crippen LogP contribution in [0.4, 0.5) is 0 Å². The molecule has 1 fully saturated rings. The zero-order chi connectivity index (χ0) is 14.4. The van der Waals surface area contributed by atoms with Crippen LogP contribution in [0.15, 0.2) is 29.6 Å². The van der Waals surface area contributed by atoms with Gasteiger partial charge in [0.15, 0.2) is 0 Å². The molecule has 1 saturated carbocycles. The van der Waals surface area contributed by atoms with Gasteiger partial charge in [0, 0.05) is 10.8 Å². The first-order chi connectivity index (χ1) is 10.2. The van der Waals surface area contributed by atoms with E-state index in [0.717, 1.165) is 40.1 Å². The van der Waals surface area contributed by atoms with Crippen LogP contribution >= 0.6 is 11.3 Å². The third kappa shape index (κ3) is 1.79. The van der Waals surface area contributed by atoms with Gasteiger partial charge < -0.3 is 4.74 Å². The molecule has 106 valence electrons. The number of methoxy groups -OCH3 is 1. The SMILES string of the molecule is COC(=O)C1(c2csc(-c3n[nH]c4ccccc34)n2)CC1. The summed E-state index contributed by atoms with van der Waals surface area (Å²) in [7, 11) is 1.43. The number of hydrogen-bond acceptors (Lipinski definition) is 5. The Morgan fingerprint density at radius 3 is 2.95 bits per heavy atom. The van der Waals surface area contributed by atoms with Crippen LogP contribution in [0.2, 0.25) is 0 Å². The minimum atomic E-state index is -0.518. The number of aromatic nitrogens is 3. The maximum atomic E-state index is 11.9. The molecule has 1 aliphatic carbocycles. The molecular formula is C15H13N3O2S. The van der Waals surface area contributed by atoms with E-state index in [4.69, 9.17) is 4.74 Å². The Labute approximate surface area is 125 Å². The summed E-state index contributed by atoms with van der Waals surface area (Å²) in [6.07, 6.45) is 1.62. The van der Waals surface area contributed by atoms with Crippen molar-refractivity contribution in [2.24, 2.45) is 0 Å². The van der Waals surface area contributed by atoms with Crippen molar-refractivity contribution in [3.63, 3.8) is 0 Å². The first-order valence-electron chi connectivity index (χ1n) is 6.72. The van der Waals surface area contributed by atoms with Crippen LogP contribution in [0.3, 0.4) is 0 Å². The highest BCUT2D eigenvalue weighted by molar-refractivity contribution is 7.13. The Kier molecular flexibility index (Phi) is 2.62. The molecule has 1 aromatic carbocycles. The lowest BCUT2D eigenvalue weighted by atomic mass is 10.0. The van der Waals surface area contributed by atoms with Crippen LogP contribution in [0.25, 0.3) is 21.6 Å². The number of H-pyrrole nitrogens is 1. The maximum absolute atomic E-state index is 11.9. The molecule has 6 heteroatoms. The monoisotopic (exact) mass is 299 g/mol. The molecule has 4 rings (SSSR count). The molecule has 21 heavy (non-hydrogen) atoms. The second-order valence-electron chi connectivity index (χ2n) is 5.23. The highest BCUT2D eigenvalue weighted by atomic mass is 32.1. The molecule has 0 spiro atoms. The molecule has 0 unspecified atom stereocenters. The Balaban J connectivity index is 1.77. The fraction of sp³-hybridized carbons (Fsp3) is 0.267. The summed E-state index contributed by atoms with van der Waals surface area (Å²) in [6, 6.07) is 7.94. The Morgan fingerprint density at radius 2 is 2.19 bits per heavy atom. The third-order valence-corrected chi connectivity index (χ3v) is 4.84. The number of carbonyl (C=O) groups is 1. The molecule has 5 nitrogen and oxygen atoms in total. The first kappa shape index (κ1) is 12.5. The summed E-state index contributed by atoms with van der Waals surface area (Å²) in [6.45, 7) is 0. The third-order valence-electron chi connectivity index (χ3n) is 3.99. The van der Waals surface area contributed by atoms with Crippen LogP contribution in [0, 0.1) is 0 Å². The molecule has 3 aromatic rings. The number of nitrogens with one attached hydrogen (secondary N) is 1. The van der Waals surface area contributed by atoms with Crippen molar-refractivity contribution >= 4 is 28.2 Å². The molecule has 0 amide bonds. The van der Waals surface area contributed by atoms with Gasteiger partial charge in [-0.3, -0.25) is 9.89 Å². The highest BCUT2D eigenvalue weighted by Gasteiger charge is 2.54. The van der Waals surface area contributed by atoms with E-state index in [1.165, 1.54) is 18.4 Å². The number of aromatic amines is 1. The molecular weight excluding hydrogens is 286 g/mol. The predicted molar refractivity (Wildman–Crippen MR) is 80.1 cm³/mol. The number of nitrogens with zero attached hydrogens (tertiary/aromatic N) is 2. The van der Waals surface area contributed by atoms with E-state index in [1.54, 1.807) is 0 Å². The van der Waals surface area contributed by atoms with Gasteiger partial charge in [-0.05, 0) is 18.9 Å². The number of para-hydroxylation sites is 1. The summed E-state index contributed by atoms with van der Waals surface area (Å²) in [5.41, 5.74) is 2.11. The Hall–Kier alpha value is -2.21. The van der Waals surface area contributed by atoms with Gasteiger partial charge in [0.1, 0.15) is 16.1 Å². The van der Waals surface area contributed by atoms with Crippen LogP contribution in [-0.2, 0) is 14.9 Å². The zero-order valence-electron chi connectivity index (χ0n) is 11.4. The fourth-order valence-electron chi connectivity index (χ4n) is 2.61. The summed E-state index contributed by atoms with van der Waals surface area (Å²) in [5.74, 6) is -0.189. The van der Waals surface area contributed by atoms with Crippen LogP contribution in [0.5, 0.6) is 0 Å². The van der Waals surface area contributed by atoms with Crippen LogP contribution in [0.1, 0.15) is 18.5 Å². The van der Waals surface area contributed by atoms with E-state index in [2.05, 4.69) is 15.2 Å². The summed E-state index contributed by atoms with van der Waals surface area (Å²) in [4.78, 5) is 16.6. The van der Waals surface area contributed by atoms with Crippen molar-refractivity contribution in [2.75, 3.05) is 7.11 Å². The van der Waals surface area contributed by atoms with Crippen molar-refractivity contribution < 1.29 is 9.53 Å². The number of hydrogen-bond donors (Lipinski definition) is 1. The molecule has 2 heterocycles. The van der Waals surface area contributed by atoms with E-state index < -0.39 is 5.41 Å². The van der Waals surface area contributed by atoms with Gasteiger partial charge in [0.2, 0.25) is 0 Å². The quantitative estimate of drug-likeness (QED) is 0.755. The lowest BCUT2D eigenvalue weighted by Gasteiger charge is -2.08. The summed E-state index contributed by atoms with van der Waals surface area (Å²) in [5, 5.41) is 11.2. The molecule has 0 bridgehead atoms. The topological polar surface area (TPSA) is 67.9 Å². The summed E-state index contributed by atoms with van der Waals surface area (Å²) < 4.78 is 4.91. The number of ether oxygens (including phenoxy) is 1. The standard InChI is InChI=1S/C15H13N3O2S/c1-20-14(19)15(6-7-15)11-8-21-13(16-11)12-9-4-2-3-5-10(9)17-18-12/h2-5,8H,6-7H2,1H3,(H,17,18). The van der Waals surface area contributed by atoms with Crippen molar-refractivity contribution in [1.82, 2.24) is 15.2 Å². The van der Waals surface area contributed by atoms with Gasteiger partial charge >= 0.3 is 5.97 Å². The minimum absolute atomic E-state index is 0.189. The van der Waals surface area contributed by atoms with Crippen molar-refractivity contribution in [1.29, 1.82) is 0 Å². The van der Waals surface area contributed by atoms with Gasteiger partial charge in [-0.1, -0.05) is 18.2 Å². The van der Waals surface area contributed by atoms with Gasteiger partial charge in [0.25, 0.3) is 0 Å². The second kappa shape index (κ2) is 4.39. The van der Waals surface area contributed by atoms with Crippen molar-refractivity contribution in [3.8, 4) is 10.7 Å². The number of thiazole rings is 1. The normalized spacial score (nSPS) is 16.0. The number of carbonyl (C=O) groups excluding carboxylic acids is 1. The van der Waals surface area contributed by atoms with Gasteiger partial charge in [0.05, 0.1) is 18.3 Å². The van der Waals surface area contributed by atoms with Crippen LogP contribution < -0.4 is 0 Å². The molecule has 2 aromatic heterocycles. The van der Waals surface area contributed by atoms with Crippen molar-refractivity contribution in [3.05, 3.63) is 35.3 Å². The number of esters is 1. The minimum Gasteiger partial charge on any atom is -0.468 e. The Bertz CT molecular complexity index is 832. The maximum Gasteiger partial charge on any atom is 0.317 e.